The predicted octanol–water partition coefficient (Wildman–Crippen LogP) is 1.58. The Kier molecular flexibility index (Phi) is 5.59. The second kappa shape index (κ2) is 7.43. The summed E-state index contributed by atoms with van der Waals surface area (Å²) < 4.78 is 4.83. The SMILES string of the molecule is COC(=O)c1c(N)cccc1CN(C)CCN1CCCC1. The van der Waals surface area contributed by atoms with Crippen molar-refractivity contribution in [2.75, 3.05) is 46.1 Å². The van der Waals surface area contributed by atoms with Gasteiger partial charge in [-0.15, -0.1) is 0 Å². The van der Waals surface area contributed by atoms with E-state index >= 15 is 0 Å². The number of anilines is 1. The first-order chi connectivity index (χ1) is 10.1. The highest BCUT2D eigenvalue weighted by Gasteiger charge is 2.17. The maximum absolute atomic E-state index is 11.9. The van der Waals surface area contributed by atoms with Crippen molar-refractivity contribution in [3.63, 3.8) is 0 Å². The lowest BCUT2D eigenvalue weighted by atomic mass is 10.1. The van der Waals surface area contributed by atoms with Crippen LogP contribution in [-0.4, -0.2) is 56.1 Å². The number of nitrogens with zero attached hydrogens (tertiary/aromatic N) is 2. The molecule has 2 rings (SSSR count). The van der Waals surface area contributed by atoms with Crippen LogP contribution >= 0.6 is 0 Å². The molecule has 0 aliphatic carbocycles. The van der Waals surface area contributed by atoms with Crippen LogP contribution in [0.15, 0.2) is 18.2 Å². The fourth-order valence-electron chi connectivity index (χ4n) is 2.79. The van der Waals surface area contributed by atoms with Gasteiger partial charge in [0.15, 0.2) is 0 Å². The predicted molar refractivity (Wildman–Crippen MR) is 84.2 cm³/mol. The van der Waals surface area contributed by atoms with Gasteiger partial charge in [0.25, 0.3) is 0 Å². The Bertz CT molecular complexity index is 484. The Balaban J connectivity index is 1.97. The number of benzene rings is 1. The lowest BCUT2D eigenvalue weighted by molar-refractivity contribution is 0.0599. The van der Waals surface area contributed by atoms with Crippen molar-refractivity contribution in [1.82, 2.24) is 9.80 Å². The molecule has 1 aliphatic rings. The van der Waals surface area contributed by atoms with E-state index in [4.69, 9.17) is 10.5 Å². The molecule has 5 heteroatoms. The fraction of sp³-hybridized carbons (Fsp3) is 0.562. The number of likely N-dealkylation sites (N-methyl/N-ethyl adjacent to an activating group) is 1. The largest absolute Gasteiger partial charge is 0.465 e. The molecule has 1 aliphatic heterocycles. The van der Waals surface area contributed by atoms with Crippen LogP contribution in [0.25, 0.3) is 0 Å². The Hall–Kier alpha value is -1.59. The zero-order valence-corrected chi connectivity index (χ0v) is 13.0. The quantitative estimate of drug-likeness (QED) is 0.637. The summed E-state index contributed by atoms with van der Waals surface area (Å²) in [5.74, 6) is -0.365. The van der Waals surface area contributed by atoms with E-state index in [0.29, 0.717) is 17.8 Å². The number of hydrogen-bond acceptors (Lipinski definition) is 5. The first kappa shape index (κ1) is 15.8. The fourth-order valence-corrected chi connectivity index (χ4v) is 2.79. The van der Waals surface area contributed by atoms with Crippen LogP contribution in [0.4, 0.5) is 5.69 Å². The molecule has 1 aromatic carbocycles. The molecule has 0 amide bonds. The molecule has 21 heavy (non-hydrogen) atoms. The third kappa shape index (κ3) is 4.19. The van der Waals surface area contributed by atoms with Crippen LogP contribution in [0.5, 0.6) is 0 Å². The van der Waals surface area contributed by atoms with Crippen molar-refractivity contribution in [3.05, 3.63) is 29.3 Å². The molecule has 1 heterocycles. The number of rotatable bonds is 6. The van der Waals surface area contributed by atoms with Gasteiger partial charge in [-0.2, -0.15) is 0 Å². The van der Waals surface area contributed by atoms with Gasteiger partial charge in [-0.25, -0.2) is 4.79 Å². The maximum Gasteiger partial charge on any atom is 0.340 e. The lowest BCUT2D eigenvalue weighted by Gasteiger charge is -2.22. The first-order valence-electron chi connectivity index (χ1n) is 7.48. The average molecular weight is 291 g/mol. The zero-order valence-electron chi connectivity index (χ0n) is 13.0. The Morgan fingerprint density at radius 2 is 2.10 bits per heavy atom. The second-order valence-electron chi connectivity index (χ2n) is 5.66. The maximum atomic E-state index is 11.9. The summed E-state index contributed by atoms with van der Waals surface area (Å²) in [5, 5.41) is 0. The number of esters is 1. The summed E-state index contributed by atoms with van der Waals surface area (Å²) in [7, 11) is 3.45. The van der Waals surface area contributed by atoms with Crippen LogP contribution in [0.1, 0.15) is 28.8 Å². The van der Waals surface area contributed by atoms with Crippen molar-refractivity contribution in [2.24, 2.45) is 0 Å². The topological polar surface area (TPSA) is 58.8 Å². The molecule has 2 N–H and O–H groups in total. The molecule has 1 saturated heterocycles. The Morgan fingerprint density at radius 3 is 2.76 bits per heavy atom. The molecule has 5 nitrogen and oxygen atoms in total. The highest BCUT2D eigenvalue weighted by Crippen LogP contribution is 2.19. The van der Waals surface area contributed by atoms with Gasteiger partial charge in [0, 0.05) is 25.3 Å². The number of nitrogens with two attached hydrogens (primary N) is 1. The molecule has 116 valence electrons. The monoisotopic (exact) mass is 291 g/mol. The lowest BCUT2D eigenvalue weighted by Crippen LogP contribution is -2.31. The molecule has 1 fully saturated rings. The number of carbonyl (C=O) groups excluding carboxylic acids is 1. The van der Waals surface area contributed by atoms with Gasteiger partial charge in [0.2, 0.25) is 0 Å². The summed E-state index contributed by atoms with van der Waals surface area (Å²) in [5.41, 5.74) is 7.81. The van der Waals surface area contributed by atoms with Crippen LogP contribution in [0.3, 0.4) is 0 Å². The summed E-state index contributed by atoms with van der Waals surface area (Å²) in [4.78, 5) is 16.6. The summed E-state index contributed by atoms with van der Waals surface area (Å²) >= 11 is 0. The molecule has 0 unspecified atom stereocenters. The van der Waals surface area contributed by atoms with E-state index in [1.165, 1.54) is 33.0 Å². The highest BCUT2D eigenvalue weighted by molar-refractivity contribution is 5.96. The van der Waals surface area contributed by atoms with Crippen LogP contribution in [0, 0.1) is 0 Å². The van der Waals surface area contributed by atoms with Gasteiger partial charge in [0.05, 0.1) is 12.7 Å². The van der Waals surface area contributed by atoms with Crippen molar-refractivity contribution in [3.8, 4) is 0 Å². The Morgan fingerprint density at radius 1 is 1.38 bits per heavy atom. The number of likely N-dealkylation sites (tertiary alicyclic amines) is 1. The van der Waals surface area contributed by atoms with Gasteiger partial charge in [0.1, 0.15) is 0 Å². The van der Waals surface area contributed by atoms with E-state index in [0.717, 1.165) is 18.7 Å². The van der Waals surface area contributed by atoms with E-state index in [-0.39, 0.29) is 5.97 Å². The number of hydrogen-bond donors (Lipinski definition) is 1. The molecule has 0 bridgehead atoms. The molecule has 0 aromatic heterocycles. The highest BCUT2D eigenvalue weighted by atomic mass is 16.5. The number of carbonyl (C=O) groups is 1. The molecular weight excluding hydrogens is 266 g/mol. The molecule has 1 aromatic rings. The van der Waals surface area contributed by atoms with Gasteiger partial charge in [-0.05, 0) is 44.6 Å². The minimum atomic E-state index is -0.365. The first-order valence-corrected chi connectivity index (χ1v) is 7.48. The summed E-state index contributed by atoms with van der Waals surface area (Å²) in [6.45, 7) is 5.17. The average Bonchev–Trinajstić information content (AvgIpc) is 2.98. The molecule has 0 radical (unpaired) electrons. The number of nitrogen functional groups attached to an aromatic ring is 1. The van der Waals surface area contributed by atoms with Crippen LogP contribution in [-0.2, 0) is 11.3 Å². The van der Waals surface area contributed by atoms with Crippen LogP contribution in [0.2, 0.25) is 0 Å². The van der Waals surface area contributed by atoms with E-state index < -0.39 is 0 Å². The van der Waals surface area contributed by atoms with Crippen molar-refractivity contribution in [1.29, 1.82) is 0 Å². The number of ether oxygens (including phenoxy) is 1. The van der Waals surface area contributed by atoms with Crippen molar-refractivity contribution < 1.29 is 9.53 Å². The molecule has 0 atom stereocenters. The van der Waals surface area contributed by atoms with Gasteiger partial charge in [-0.1, -0.05) is 12.1 Å². The third-order valence-corrected chi connectivity index (χ3v) is 4.01. The van der Waals surface area contributed by atoms with E-state index in [1.807, 2.05) is 12.1 Å². The second-order valence-corrected chi connectivity index (χ2v) is 5.66. The zero-order chi connectivity index (χ0) is 15.2. The molecule has 0 spiro atoms. The van der Waals surface area contributed by atoms with Gasteiger partial charge < -0.3 is 20.3 Å². The van der Waals surface area contributed by atoms with Gasteiger partial charge in [-0.3, -0.25) is 0 Å². The van der Waals surface area contributed by atoms with Gasteiger partial charge >= 0.3 is 5.97 Å². The minimum Gasteiger partial charge on any atom is -0.465 e. The molecule has 0 saturated carbocycles. The van der Waals surface area contributed by atoms with E-state index in [1.54, 1.807) is 6.07 Å². The molecular formula is C16H25N3O2. The third-order valence-electron chi connectivity index (χ3n) is 4.01. The number of methoxy groups -OCH3 is 1. The minimum absolute atomic E-state index is 0.365. The van der Waals surface area contributed by atoms with E-state index in [2.05, 4.69) is 16.8 Å². The summed E-state index contributed by atoms with van der Waals surface area (Å²) in [6, 6.07) is 5.56. The smallest absolute Gasteiger partial charge is 0.340 e. The van der Waals surface area contributed by atoms with E-state index in [9.17, 15) is 4.79 Å². The Labute approximate surface area is 126 Å². The summed E-state index contributed by atoms with van der Waals surface area (Å²) in [6.07, 6.45) is 2.62. The van der Waals surface area contributed by atoms with Crippen molar-refractivity contribution in [2.45, 2.75) is 19.4 Å². The van der Waals surface area contributed by atoms with Crippen molar-refractivity contribution >= 4 is 11.7 Å². The standard InChI is InChI=1S/C16H25N3O2/c1-18(10-11-19-8-3-4-9-19)12-13-6-5-7-14(17)15(13)16(20)21-2/h5-7H,3-4,8-12,17H2,1-2H3. The normalized spacial score (nSPS) is 15.6. The van der Waals surface area contributed by atoms with Crippen LogP contribution < -0.4 is 5.73 Å².